The summed E-state index contributed by atoms with van der Waals surface area (Å²) in [5.74, 6) is 7.38. The van der Waals surface area contributed by atoms with Crippen molar-refractivity contribution in [1.82, 2.24) is 0 Å². The molecular formula is C31H33F. The fourth-order valence-electron chi connectivity index (χ4n) is 4.98. The number of rotatable bonds is 6. The number of allylic oxidation sites excluding steroid dienone is 1. The number of benzene rings is 3. The minimum atomic E-state index is -0.211. The maximum absolute atomic E-state index is 15.2. The average Bonchev–Trinajstić information content (AvgIpc) is 2.83. The lowest BCUT2D eigenvalue weighted by atomic mass is 9.77. The number of fused-ring (bicyclic) bond motifs is 1. The molecule has 0 atom stereocenters. The Balaban J connectivity index is 1.49. The van der Waals surface area contributed by atoms with Gasteiger partial charge in [0.2, 0.25) is 0 Å². The van der Waals surface area contributed by atoms with Crippen molar-refractivity contribution in [1.29, 1.82) is 0 Å². The van der Waals surface area contributed by atoms with E-state index in [1.165, 1.54) is 43.2 Å². The van der Waals surface area contributed by atoms with Crippen molar-refractivity contribution in [2.75, 3.05) is 0 Å². The van der Waals surface area contributed by atoms with Crippen molar-refractivity contribution in [3.63, 3.8) is 0 Å². The van der Waals surface area contributed by atoms with Crippen molar-refractivity contribution in [2.24, 2.45) is 5.92 Å². The van der Waals surface area contributed by atoms with E-state index in [9.17, 15) is 0 Å². The second kappa shape index (κ2) is 10.6. The van der Waals surface area contributed by atoms with Crippen LogP contribution in [0.5, 0.6) is 0 Å². The molecule has 1 heteroatoms. The monoisotopic (exact) mass is 424 g/mol. The maximum Gasteiger partial charge on any atom is 0.146 e. The number of aryl methyl sites for hydroxylation is 1. The molecule has 0 amide bonds. The molecule has 3 aromatic rings. The highest BCUT2D eigenvalue weighted by Gasteiger charge is 2.22. The molecule has 1 fully saturated rings. The second-order valence-electron chi connectivity index (χ2n) is 9.19. The van der Waals surface area contributed by atoms with Crippen LogP contribution in [0.4, 0.5) is 4.39 Å². The Hall–Kier alpha value is -2.85. The molecular weight excluding hydrogens is 391 g/mol. The molecule has 0 heterocycles. The van der Waals surface area contributed by atoms with E-state index in [1.54, 1.807) is 0 Å². The highest BCUT2D eigenvalue weighted by molar-refractivity contribution is 5.85. The zero-order valence-corrected chi connectivity index (χ0v) is 19.2. The Bertz CT molecular complexity index is 1120. The number of hydrogen-bond donors (Lipinski definition) is 0. The third-order valence-electron chi connectivity index (χ3n) is 6.91. The topological polar surface area (TPSA) is 0 Å². The molecule has 0 unspecified atom stereocenters. The summed E-state index contributed by atoms with van der Waals surface area (Å²) in [7, 11) is 0. The summed E-state index contributed by atoms with van der Waals surface area (Å²) >= 11 is 0. The molecule has 0 spiro atoms. The smallest absolute Gasteiger partial charge is 0.146 e. The Labute approximate surface area is 192 Å². The van der Waals surface area contributed by atoms with Crippen LogP contribution >= 0.6 is 0 Å². The highest BCUT2D eigenvalue weighted by atomic mass is 19.1. The summed E-state index contributed by atoms with van der Waals surface area (Å²) in [5, 5.41) is 1.64. The summed E-state index contributed by atoms with van der Waals surface area (Å²) < 4.78 is 15.2. The van der Waals surface area contributed by atoms with Gasteiger partial charge in [-0.3, -0.25) is 0 Å². The standard InChI is InChI=1S/C31H33F/c1-3-5-7-24-12-15-26(16-13-24)28-20-21-30-29(22-28)19-18-27(31(30)32)17-14-25-10-8-23(6-4-2)9-11-25/h3,8-11,18-22,24,26H,1,4-7,12-13,15-16H2,2H3. The van der Waals surface area contributed by atoms with E-state index in [0.29, 0.717) is 16.9 Å². The molecule has 0 radical (unpaired) electrons. The lowest BCUT2D eigenvalue weighted by Crippen LogP contribution is -2.13. The van der Waals surface area contributed by atoms with Gasteiger partial charge in [-0.1, -0.05) is 67.7 Å². The second-order valence-corrected chi connectivity index (χ2v) is 9.19. The minimum Gasteiger partial charge on any atom is -0.205 e. The molecule has 32 heavy (non-hydrogen) atoms. The van der Waals surface area contributed by atoms with Gasteiger partial charge in [-0.2, -0.15) is 0 Å². The molecule has 0 aromatic heterocycles. The first-order valence-electron chi connectivity index (χ1n) is 12.1. The maximum atomic E-state index is 15.2. The number of hydrogen-bond acceptors (Lipinski definition) is 0. The lowest BCUT2D eigenvalue weighted by Gasteiger charge is -2.28. The minimum absolute atomic E-state index is 0.211. The first kappa shape index (κ1) is 22.3. The van der Waals surface area contributed by atoms with Gasteiger partial charge in [0.25, 0.3) is 0 Å². The van der Waals surface area contributed by atoms with Gasteiger partial charge >= 0.3 is 0 Å². The van der Waals surface area contributed by atoms with E-state index >= 15 is 4.39 Å². The van der Waals surface area contributed by atoms with Crippen LogP contribution in [0.1, 0.15) is 80.0 Å². The summed E-state index contributed by atoms with van der Waals surface area (Å²) in [6.45, 7) is 6.02. The van der Waals surface area contributed by atoms with Gasteiger partial charge in [0.1, 0.15) is 5.82 Å². The molecule has 1 aliphatic rings. The first-order valence-corrected chi connectivity index (χ1v) is 12.1. The molecule has 164 valence electrons. The van der Waals surface area contributed by atoms with Gasteiger partial charge < -0.3 is 0 Å². The predicted molar refractivity (Wildman–Crippen MR) is 134 cm³/mol. The third-order valence-corrected chi connectivity index (χ3v) is 6.91. The van der Waals surface area contributed by atoms with E-state index < -0.39 is 0 Å². The Morgan fingerprint density at radius 1 is 0.969 bits per heavy atom. The van der Waals surface area contributed by atoms with E-state index in [4.69, 9.17) is 0 Å². The predicted octanol–water partition coefficient (Wildman–Crippen LogP) is 8.57. The van der Waals surface area contributed by atoms with Crippen molar-refractivity contribution < 1.29 is 4.39 Å². The Morgan fingerprint density at radius 3 is 2.47 bits per heavy atom. The molecule has 4 rings (SSSR count). The van der Waals surface area contributed by atoms with Gasteiger partial charge in [0.05, 0.1) is 5.56 Å². The van der Waals surface area contributed by atoms with Gasteiger partial charge in [-0.25, -0.2) is 4.39 Å². The van der Waals surface area contributed by atoms with Crippen LogP contribution in [-0.2, 0) is 6.42 Å². The zero-order valence-electron chi connectivity index (χ0n) is 19.2. The van der Waals surface area contributed by atoms with Crippen LogP contribution in [0.15, 0.2) is 67.3 Å². The molecule has 0 bridgehead atoms. The Morgan fingerprint density at radius 2 is 1.75 bits per heavy atom. The van der Waals surface area contributed by atoms with Gasteiger partial charge in [0.15, 0.2) is 0 Å². The van der Waals surface area contributed by atoms with Crippen molar-refractivity contribution in [2.45, 2.75) is 64.2 Å². The molecule has 0 saturated heterocycles. The lowest BCUT2D eigenvalue weighted by molar-refractivity contribution is 0.312. The molecule has 3 aromatic carbocycles. The molecule has 0 N–H and O–H groups in total. The Kier molecular flexibility index (Phi) is 7.43. The van der Waals surface area contributed by atoms with Gasteiger partial charge in [-0.05, 0) is 91.5 Å². The quantitative estimate of drug-likeness (QED) is 0.274. The normalized spacial score (nSPS) is 18.2. The first-order chi connectivity index (χ1) is 15.7. The summed E-state index contributed by atoms with van der Waals surface area (Å²) in [6, 6.07) is 18.4. The third kappa shape index (κ3) is 5.31. The summed E-state index contributed by atoms with van der Waals surface area (Å²) in [4.78, 5) is 0. The zero-order chi connectivity index (χ0) is 22.3. The SMILES string of the molecule is C=CCCC1CCC(c2ccc3c(F)c(C#Cc4ccc(CCC)cc4)ccc3c2)CC1. The van der Waals surface area contributed by atoms with Crippen molar-refractivity contribution >= 4 is 10.8 Å². The van der Waals surface area contributed by atoms with E-state index in [2.05, 4.69) is 49.6 Å². The molecule has 0 aliphatic heterocycles. The van der Waals surface area contributed by atoms with Crippen molar-refractivity contribution in [3.05, 3.63) is 95.3 Å². The van der Waals surface area contributed by atoms with E-state index in [-0.39, 0.29) is 5.82 Å². The van der Waals surface area contributed by atoms with Crippen LogP contribution in [0.25, 0.3) is 10.8 Å². The highest BCUT2D eigenvalue weighted by Crippen LogP contribution is 2.38. The van der Waals surface area contributed by atoms with E-state index in [0.717, 1.165) is 36.1 Å². The molecule has 1 saturated carbocycles. The summed E-state index contributed by atoms with van der Waals surface area (Å²) in [5.41, 5.74) is 4.05. The van der Waals surface area contributed by atoms with Crippen LogP contribution in [0.3, 0.4) is 0 Å². The van der Waals surface area contributed by atoms with Crippen molar-refractivity contribution in [3.8, 4) is 11.8 Å². The number of halogens is 1. The largest absolute Gasteiger partial charge is 0.205 e. The average molecular weight is 425 g/mol. The fourth-order valence-corrected chi connectivity index (χ4v) is 4.98. The van der Waals surface area contributed by atoms with Crippen LogP contribution in [0, 0.1) is 23.6 Å². The van der Waals surface area contributed by atoms with E-state index in [1.807, 2.05) is 36.4 Å². The van der Waals surface area contributed by atoms with Crippen LogP contribution in [-0.4, -0.2) is 0 Å². The summed E-state index contributed by atoms with van der Waals surface area (Å²) in [6.07, 6.45) is 11.7. The molecule has 0 nitrogen and oxygen atoms in total. The van der Waals surface area contributed by atoms with Gasteiger partial charge in [0, 0.05) is 10.9 Å². The molecule has 1 aliphatic carbocycles. The fraction of sp³-hybridized carbons (Fsp3) is 0.355. The van der Waals surface area contributed by atoms with Crippen LogP contribution < -0.4 is 0 Å². The van der Waals surface area contributed by atoms with Crippen LogP contribution in [0.2, 0.25) is 0 Å². The van der Waals surface area contributed by atoms with Gasteiger partial charge in [-0.15, -0.1) is 6.58 Å².